The van der Waals surface area contributed by atoms with E-state index in [1.807, 2.05) is 41.2 Å². The molecule has 4 heterocycles. The van der Waals surface area contributed by atoms with E-state index in [4.69, 9.17) is 31.2 Å². The lowest BCUT2D eigenvalue weighted by Crippen LogP contribution is -2.48. The average molecular weight is 482 g/mol. The molecule has 0 unspecified atom stereocenters. The zero-order valence-electron chi connectivity index (χ0n) is 19.1. The summed E-state index contributed by atoms with van der Waals surface area (Å²) in [6.07, 6.45) is 6.01. The summed E-state index contributed by atoms with van der Waals surface area (Å²) >= 11 is 6.13. The van der Waals surface area contributed by atoms with Gasteiger partial charge in [-0.25, -0.2) is 4.68 Å². The molecule has 1 N–H and O–H groups in total. The van der Waals surface area contributed by atoms with Crippen molar-refractivity contribution >= 4 is 23.2 Å². The molecule has 2 fully saturated rings. The number of nitrogens with zero attached hydrogens (tertiary/aromatic N) is 6. The summed E-state index contributed by atoms with van der Waals surface area (Å²) in [7, 11) is 1.62. The second kappa shape index (κ2) is 8.94. The Bertz CT molecular complexity index is 1160. The van der Waals surface area contributed by atoms with E-state index in [0.29, 0.717) is 34.7 Å². The lowest BCUT2D eigenvalue weighted by atomic mass is 9.92. The third kappa shape index (κ3) is 4.13. The number of aryl methyl sites for hydroxylation is 1. The second-order valence-electron chi connectivity index (χ2n) is 9.35. The number of halogens is 1. The third-order valence-corrected chi connectivity index (χ3v) is 7.46. The van der Waals surface area contributed by atoms with Gasteiger partial charge in [-0.3, -0.25) is 0 Å². The minimum atomic E-state index is -0.122. The van der Waals surface area contributed by atoms with Gasteiger partial charge in [0, 0.05) is 36.8 Å². The van der Waals surface area contributed by atoms with E-state index < -0.39 is 0 Å². The van der Waals surface area contributed by atoms with Crippen LogP contribution in [0.25, 0.3) is 0 Å². The topological polar surface area (TPSA) is 90.2 Å². The monoisotopic (exact) mass is 481 g/mol. The fourth-order valence-electron chi connectivity index (χ4n) is 5.62. The van der Waals surface area contributed by atoms with Crippen LogP contribution in [0.3, 0.4) is 0 Å². The van der Waals surface area contributed by atoms with E-state index in [1.54, 1.807) is 7.11 Å². The van der Waals surface area contributed by atoms with Gasteiger partial charge < -0.3 is 19.7 Å². The summed E-state index contributed by atoms with van der Waals surface area (Å²) in [5.74, 6) is 3.95. The zero-order valence-corrected chi connectivity index (χ0v) is 19.9. The average Bonchev–Trinajstić information content (AvgIpc) is 3.36. The van der Waals surface area contributed by atoms with Crippen LogP contribution in [0.5, 0.6) is 11.6 Å². The molecule has 1 saturated carbocycles. The number of piperidine rings is 1. The van der Waals surface area contributed by atoms with Gasteiger partial charge in [0.15, 0.2) is 11.9 Å². The van der Waals surface area contributed by atoms with Crippen LogP contribution in [0, 0.1) is 11.8 Å². The van der Waals surface area contributed by atoms with Crippen LogP contribution in [-0.4, -0.2) is 51.2 Å². The van der Waals surface area contributed by atoms with Crippen LogP contribution in [-0.2, 0) is 6.54 Å². The molecule has 0 radical (unpaired) electrons. The molecule has 2 bridgehead atoms. The van der Waals surface area contributed by atoms with Crippen molar-refractivity contribution in [3.05, 3.63) is 47.4 Å². The number of anilines is 2. The van der Waals surface area contributed by atoms with Crippen molar-refractivity contribution in [1.29, 1.82) is 0 Å². The Morgan fingerprint density at radius 1 is 1.12 bits per heavy atom. The molecule has 2 aromatic heterocycles. The second-order valence-corrected chi connectivity index (χ2v) is 9.79. The summed E-state index contributed by atoms with van der Waals surface area (Å²) in [6, 6.07) is 9.85. The van der Waals surface area contributed by atoms with Crippen molar-refractivity contribution in [1.82, 2.24) is 25.0 Å². The molecule has 10 heteroatoms. The first kappa shape index (κ1) is 21.5. The standard InChI is InChI=1S/C24H28ClN7O2/c1-33-21-11-18(12-26-29-21)31-13-15-7-8-16(14-31)22(15)27-24-28-23-20(6-3-9-32(23)30-24)34-19-5-2-4-17(25)10-19/h2,4-5,10-12,15-16,20,22H,3,6-9,13-14H2,1H3,(H,27,30)/t15-,16+,20-,22-/m1/s1. The molecular weight excluding hydrogens is 454 g/mol. The third-order valence-electron chi connectivity index (χ3n) is 7.22. The Labute approximate surface area is 203 Å². The fourth-order valence-corrected chi connectivity index (χ4v) is 5.80. The summed E-state index contributed by atoms with van der Waals surface area (Å²) in [6.45, 7) is 2.80. The van der Waals surface area contributed by atoms with Crippen LogP contribution < -0.4 is 19.7 Å². The Morgan fingerprint density at radius 2 is 1.97 bits per heavy atom. The molecule has 1 saturated heterocycles. The quantitative estimate of drug-likeness (QED) is 0.565. The number of benzene rings is 1. The first-order chi connectivity index (χ1) is 16.7. The molecule has 2 aliphatic heterocycles. The molecule has 1 aliphatic carbocycles. The van der Waals surface area contributed by atoms with Crippen LogP contribution in [0.15, 0.2) is 36.5 Å². The Hall–Kier alpha value is -3.07. The van der Waals surface area contributed by atoms with Crippen molar-refractivity contribution in [2.75, 3.05) is 30.4 Å². The lowest BCUT2D eigenvalue weighted by molar-refractivity contribution is 0.155. The first-order valence-electron chi connectivity index (χ1n) is 11.9. The molecule has 178 valence electrons. The van der Waals surface area contributed by atoms with Gasteiger partial charge >= 0.3 is 0 Å². The largest absolute Gasteiger partial charge is 0.482 e. The van der Waals surface area contributed by atoms with Crippen LogP contribution in [0.4, 0.5) is 11.6 Å². The number of hydrogen-bond acceptors (Lipinski definition) is 8. The molecule has 6 rings (SSSR count). The summed E-state index contributed by atoms with van der Waals surface area (Å²) in [4.78, 5) is 7.28. The highest BCUT2D eigenvalue weighted by atomic mass is 35.5. The van der Waals surface area contributed by atoms with Gasteiger partial charge in [-0.05, 0) is 55.7 Å². The number of aromatic nitrogens is 5. The van der Waals surface area contributed by atoms with Crippen LogP contribution >= 0.6 is 11.6 Å². The Kier molecular flexibility index (Phi) is 5.64. The molecule has 0 amide bonds. The van der Waals surface area contributed by atoms with E-state index in [2.05, 4.69) is 20.4 Å². The van der Waals surface area contributed by atoms with Gasteiger partial charge in [-0.15, -0.1) is 10.2 Å². The first-order valence-corrected chi connectivity index (χ1v) is 12.3. The van der Waals surface area contributed by atoms with Crippen molar-refractivity contribution in [3.63, 3.8) is 0 Å². The maximum Gasteiger partial charge on any atom is 0.242 e. The fraction of sp³-hybridized carbons (Fsp3) is 0.500. The number of methoxy groups -OCH3 is 1. The predicted octanol–water partition coefficient (Wildman–Crippen LogP) is 3.97. The van der Waals surface area contributed by atoms with Gasteiger partial charge in [0.1, 0.15) is 5.75 Å². The summed E-state index contributed by atoms with van der Waals surface area (Å²) in [5, 5.41) is 17.2. The maximum atomic E-state index is 6.24. The van der Waals surface area contributed by atoms with Crippen molar-refractivity contribution in [2.45, 2.75) is 44.4 Å². The van der Waals surface area contributed by atoms with Gasteiger partial charge in [-0.1, -0.05) is 17.7 Å². The number of ether oxygens (including phenoxy) is 2. The van der Waals surface area contributed by atoms with Crippen LogP contribution in [0.2, 0.25) is 5.02 Å². The van der Waals surface area contributed by atoms with E-state index in [-0.39, 0.29) is 6.10 Å². The number of fused-ring (bicyclic) bond motifs is 3. The minimum Gasteiger partial charge on any atom is -0.482 e. The maximum absolute atomic E-state index is 6.24. The van der Waals surface area contributed by atoms with E-state index in [1.165, 1.54) is 12.8 Å². The molecule has 9 nitrogen and oxygen atoms in total. The Morgan fingerprint density at radius 3 is 2.76 bits per heavy atom. The van der Waals surface area contributed by atoms with Gasteiger partial charge in [0.25, 0.3) is 0 Å². The number of nitrogens with one attached hydrogen (secondary N) is 1. The molecule has 1 aromatic carbocycles. The van der Waals surface area contributed by atoms with Gasteiger partial charge in [-0.2, -0.15) is 10.1 Å². The SMILES string of the molecule is COc1cc(N2C[C@H]3CC[C@@H](C2)[C@@H]3Nc2nc3n(n2)CCC[C@H]3Oc2cccc(Cl)c2)cnn1. The predicted molar refractivity (Wildman–Crippen MR) is 128 cm³/mol. The molecule has 34 heavy (non-hydrogen) atoms. The normalized spacial score (nSPS) is 25.6. The lowest BCUT2D eigenvalue weighted by Gasteiger charge is -2.39. The Balaban J connectivity index is 1.16. The van der Waals surface area contributed by atoms with Gasteiger partial charge in [0.05, 0.1) is 19.0 Å². The molecule has 0 spiro atoms. The molecule has 3 aromatic rings. The molecular formula is C24H28ClN7O2. The summed E-state index contributed by atoms with van der Waals surface area (Å²) < 4.78 is 13.5. The highest BCUT2D eigenvalue weighted by molar-refractivity contribution is 6.30. The van der Waals surface area contributed by atoms with Gasteiger partial charge in [0.2, 0.25) is 11.8 Å². The van der Waals surface area contributed by atoms with E-state index >= 15 is 0 Å². The minimum absolute atomic E-state index is 0.122. The van der Waals surface area contributed by atoms with E-state index in [9.17, 15) is 0 Å². The summed E-state index contributed by atoms with van der Waals surface area (Å²) in [5.41, 5.74) is 1.07. The van der Waals surface area contributed by atoms with Crippen LogP contribution in [0.1, 0.15) is 37.6 Å². The van der Waals surface area contributed by atoms with Crippen molar-refractivity contribution < 1.29 is 9.47 Å². The highest BCUT2D eigenvalue weighted by Gasteiger charge is 2.43. The van der Waals surface area contributed by atoms with Crippen molar-refractivity contribution in [2.24, 2.45) is 11.8 Å². The number of rotatable bonds is 6. The smallest absolute Gasteiger partial charge is 0.242 e. The molecule has 3 aliphatic rings. The molecule has 4 atom stereocenters. The van der Waals surface area contributed by atoms with Crippen molar-refractivity contribution in [3.8, 4) is 11.6 Å². The zero-order chi connectivity index (χ0) is 23.1. The number of hydrogen-bond donors (Lipinski definition) is 1. The highest BCUT2D eigenvalue weighted by Crippen LogP contribution is 2.40. The van der Waals surface area contributed by atoms with E-state index in [0.717, 1.165) is 49.7 Å².